The summed E-state index contributed by atoms with van der Waals surface area (Å²) in [6, 6.07) is 0.407. The van der Waals surface area contributed by atoms with Gasteiger partial charge in [0.05, 0.1) is 12.0 Å². The Bertz CT molecular complexity index is 326. The third kappa shape index (κ3) is 3.23. The molecular formula is C16H28N2O2. The van der Waals surface area contributed by atoms with Crippen LogP contribution in [-0.2, 0) is 9.53 Å². The summed E-state index contributed by atoms with van der Waals surface area (Å²) in [5.41, 5.74) is -0.328. The maximum atomic E-state index is 13.2. The largest absolute Gasteiger partial charge is 0.384 e. The normalized spacial score (nSPS) is 22.6. The van der Waals surface area contributed by atoms with E-state index in [-0.39, 0.29) is 11.3 Å². The highest BCUT2D eigenvalue weighted by Crippen LogP contribution is 2.34. The van der Waals surface area contributed by atoms with Crippen molar-refractivity contribution in [3.8, 4) is 0 Å². The molecule has 1 aliphatic carbocycles. The molecule has 0 radical (unpaired) electrons. The molecule has 20 heavy (non-hydrogen) atoms. The third-order valence-corrected chi connectivity index (χ3v) is 4.79. The van der Waals surface area contributed by atoms with Crippen LogP contribution >= 0.6 is 0 Å². The molecule has 0 aromatic rings. The highest BCUT2D eigenvalue weighted by Gasteiger charge is 2.43. The Hall–Kier alpha value is -0.870. The first-order chi connectivity index (χ1) is 9.73. The van der Waals surface area contributed by atoms with Crippen molar-refractivity contribution in [3.05, 3.63) is 12.7 Å². The summed E-state index contributed by atoms with van der Waals surface area (Å²) in [6.45, 7) is 6.84. The first kappa shape index (κ1) is 15.5. The Morgan fingerprint density at radius 2 is 2.05 bits per heavy atom. The molecule has 1 amide bonds. The number of methoxy groups -OCH3 is 1. The summed E-state index contributed by atoms with van der Waals surface area (Å²) in [5, 5.41) is 3.35. The Morgan fingerprint density at radius 1 is 1.40 bits per heavy atom. The van der Waals surface area contributed by atoms with E-state index in [2.05, 4.69) is 16.8 Å². The van der Waals surface area contributed by atoms with E-state index >= 15 is 0 Å². The van der Waals surface area contributed by atoms with Gasteiger partial charge in [-0.1, -0.05) is 18.9 Å². The fraction of sp³-hybridized carbons (Fsp3) is 0.812. The lowest BCUT2D eigenvalue weighted by molar-refractivity contribution is -0.149. The number of nitrogens with one attached hydrogen (secondary N) is 1. The van der Waals surface area contributed by atoms with Crippen molar-refractivity contribution in [1.29, 1.82) is 0 Å². The minimum absolute atomic E-state index is 0.285. The van der Waals surface area contributed by atoms with E-state index in [1.165, 1.54) is 12.8 Å². The van der Waals surface area contributed by atoms with Gasteiger partial charge in [0.15, 0.2) is 0 Å². The summed E-state index contributed by atoms with van der Waals surface area (Å²) >= 11 is 0. The van der Waals surface area contributed by atoms with Gasteiger partial charge in [0.1, 0.15) is 0 Å². The second-order valence-electron chi connectivity index (χ2n) is 6.15. The highest BCUT2D eigenvalue weighted by atomic mass is 16.5. The molecule has 2 rings (SSSR count). The van der Waals surface area contributed by atoms with Gasteiger partial charge in [0.2, 0.25) is 5.91 Å². The van der Waals surface area contributed by atoms with Crippen molar-refractivity contribution in [1.82, 2.24) is 10.2 Å². The van der Waals surface area contributed by atoms with Gasteiger partial charge < -0.3 is 15.0 Å². The number of hydrogen-bond donors (Lipinski definition) is 1. The van der Waals surface area contributed by atoms with E-state index in [1.54, 1.807) is 7.11 Å². The van der Waals surface area contributed by atoms with Gasteiger partial charge in [-0.25, -0.2) is 0 Å². The second kappa shape index (κ2) is 7.23. The van der Waals surface area contributed by atoms with Crippen LogP contribution < -0.4 is 5.32 Å². The molecular weight excluding hydrogens is 252 g/mol. The van der Waals surface area contributed by atoms with Crippen molar-refractivity contribution in [2.75, 3.05) is 33.4 Å². The first-order valence-corrected chi connectivity index (χ1v) is 7.85. The van der Waals surface area contributed by atoms with Crippen LogP contribution in [0, 0.1) is 5.41 Å². The van der Waals surface area contributed by atoms with Crippen LogP contribution in [0.2, 0.25) is 0 Å². The molecule has 1 N–H and O–H groups in total. The molecule has 0 aromatic carbocycles. The third-order valence-electron chi connectivity index (χ3n) is 4.79. The lowest BCUT2D eigenvalue weighted by Gasteiger charge is -2.41. The quantitative estimate of drug-likeness (QED) is 0.756. The smallest absolute Gasteiger partial charge is 0.231 e. The molecule has 2 fully saturated rings. The first-order valence-electron chi connectivity index (χ1n) is 7.85. The van der Waals surface area contributed by atoms with E-state index in [1.807, 2.05) is 6.08 Å². The minimum atomic E-state index is -0.328. The Balaban J connectivity index is 2.15. The van der Waals surface area contributed by atoms with E-state index in [0.717, 1.165) is 38.8 Å². The molecule has 0 unspecified atom stereocenters. The van der Waals surface area contributed by atoms with Crippen molar-refractivity contribution in [2.24, 2.45) is 5.41 Å². The molecule has 4 heteroatoms. The number of rotatable bonds is 6. The van der Waals surface area contributed by atoms with Crippen LogP contribution in [0.15, 0.2) is 12.7 Å². The predicted octanol–water partition coefficient (Wildman–Crippen LogP) is 1.96. The molecule has 0 atom stereocenters. The predicted molar refractivity (Wildman–Crippen MR) is 80.6 cm³/mol. The maximum absolute atomic E-state index is 13.2. The minimum Gasteiger partial charge on any atom is -0.384 e. The van der Waals surface area contributed by atoms with Crippen LogP contribution in [-0.4, -0.2) is 50.2 Å². The molecule has 1 heterocycles. The second-order valence-corrected chi connectivity index (χ2v) is 6.15. The topological polar surface area (TPSA) is 41.6 Å². The lowest BCUT2D eigenvalue weighted by Crippen LogP contribution is -2.53. The summed E-state index contributed by atoms with van der Waals surface area (Å²) in [5.74, 6) is 0.285. The molecule has 1 aliphatic heterocycles. The summed E-state index contributed by atoms with van der Waals surface area (Å²) in [7, 11) is 1.70. The zero-order valence-electron chi connectivity index (χ0n) is 12.7. The molecule has 1 saturated heterocycles. The van der Waals surface area contributed by atoms with Crippen LogP contribution in [0.3, 0.4) is 0 Å². The summed E-state index contributed by atoms with van der Waals surface area (Å²) in [6.07, 6.45) is 8.37. The zero-order chi connectivity index (χ0) is 14.4. The standard InChI is InChI=1S/C16H28N2O2/c1-3-12-18(14-6-4-5-7-14)15(19)16(13-20-2)8-10-17-11-9-16/h3,14,17H,1,4-13H2,2H3. The fourth-order valence-corrected chi connectivity index (χ4v) is 3.66. The molecule has 0 spiro atoms. The van der Waals surface area contributed by atoms with Gasteiger partial charge >= 0.3 is 0 Å². The SMILES string of the molecule is C=CCN(C(=O)C1(COC)CCNCC1)C1CCCC1. The van der Waals surface area contributed by atoms with Gasteiger partial charge in [0.25, 0.3) is 0 Å². The number of ether oxygens (including phenoxy) is 1. The number of piperidine rings is 1. The number of carbonyl (C=O) groups excluding carboxylic acids is 1. The van der Waals surface area contributed by atoms with Gasteiger partial charge in [-0.15, -0.1) is 6.58 Å². The van der Waals surface area contributed by atoms with Crippen LogP contribution in [0.25, 0.3) is 0 Å². The molecule has 114 valence electrons. The lowest BCUT2D eigenvalue weighted by atomic mass is 9.78. The monoisotopic (exact) mass is 280 g/mol. The Morgan fingerprint density at radius 3 is 2.60 bits per heavy atom. The van der Waals surface area contributed by atoms with Gasteiger partial charge in [-0.2, -0.15) is 0 Å². The number of hydrogen-bond acceptors (Lipinski definition) is 3. The van der Waals surface area contributed by atoms with Crippen molar-refractivity contribution in [2.45, 2.75) is 44.6 Å². The van der Waals surface area contributed by atoms with Crippen LogP contribution in [0.1, 0.15) is 38.5 Å². The van der Waals surface area contributed by atoms with E-state index in [4.69, 9.17) is 4.74 Å². The molecule has 4 nitrogen and oxygen atoms in total. The summed E-state index contributed by atoms with van der Waals surface area (Å²) in [4.78, 5) is 15.2. The van der Waals surface area contributed by atoms with E-state index in [9.17, 15) is 4.79 Å². The highest BCUT2D eigenvalue weighted by molar-refractivity contribution is 5.83. The molecule has 0 aromatic heterocycles. The number of nitrogens with zero attached hydrogens (tertiary/aromatic N) is 1. The van der Waals surface area contributed by atoms with Gasteiger partial charge in [-0.3, -0.25) is 4.79 Å². The summed E-state index contributed by atoms with van der Waals surface area (Å²) < 4.78 is 5.40. The van der Waals surface area contributed by atoms with Gasteiger partial charge in [-0.05, 0) is 38.8 Å². The molecule has 0 bridgehead atoms. The zero-order valence-corrected chi connectivity index (χ0v) is 12.7. The number of carbonyl (C=O) groups is 1. The van der Waals surface area contributed by atoms with E-state index < -0.39 is 0 Å². The van der Waals surface area contributed by atoms with Crippen molar-refractivity contribution in [3.63, 3.8) is 0 Å². The van der Waals surface area contributed by atoms with Crippen LogP contribution in [0.5, 0.6) is 0 Å². The fourth-order valence-electron chi connectivity index (χ4n) is 3.66. The average Bonchev–Trinajstić information content (AvgIpc) is 2.99. The van der Waals surface area contributed by atoms with Crippen LogP contribution in [0.4, 0.5) is 0 Å². The molecule has 2 aliphatic rings. The average molecular weight is 280 g/mol. The number of amides is 1. The van der Waals surface area contributed by atoms with Crippen molar-refractivity contribution >= 4 is 5.91 Å². The van der Waals surface area contributed by atoms with Crippen molar-refractivity contribution < 1.29 is 9.53 Å². The van der Waals surface area contributed by atoms with E-state index in [0.29, 0.717) is 19.2 Å². The Kier molecular flexibility index (Phi) is 5.61. The molecule has 1 saturated carbocycles. The maximum Gasteiger partial charge on any atom is 0.231 e. The Labute approximate surface area is 122 Å². The van der Waals surface area contributed by atoms with Gasteiger partial charge in [0, 0.05) is 19.7 Å².